The highest BCUT2D eigenvalue weighted by molar-refractivity contribution is 6.38. The van der Waals surface area contributed by atoms with Gasteiger partial charge in [0, 0.05) is 0 Å². The molecule has 1 aliphatic rings. The summed E-state index contributed by atoms with van der Waals surface area (Å²) in [7, 11) is -0.905. The second-order valence-corrected chi connectivity index (χ2v) is 2.16. The molecule has 0 aromatic heterocycles. The molecule has 1 unspecified atom stereocenters. The van der Waals surface area contributed by atoms with Gasteiger partial charge in [-0.25, -0.2) is 4.39 Å². The van der Waals surface area contributed by atoms with Gasteiger partial charge >= 0.3 is 7.56 Å². The van der Waals surface area contributed by atoms with Crippen LogP contribution in [0.15, 0.2) is 23.5 Å². The summed E-state index contributed by atoms with van der Waals surface area (Å²) in [6.45, 7) is 0. The molecule has 0 fully saturated rings. The van der Waals surface area contributed by atoms with Crippen molar-refractivity contribution in [2.75, 3.05) is 0 Å². The van der Waals surface area contributed by atoms with E-state index in [0.717, 1.165) is 0 Å². The molecule has 54 valence electrons. The summed E-state index contributed by atoms with van der Waals surface area (Å²) in [5, 5.41) is 8.95. The van der Waals surface area contributed by atoms with Crippen LogP contribution in [0.1, 0.15) is 6.42 Å². The van der Waals surface area contributed by atoms with E-state index in [1.54, 1.807) is 0 Å². The molecule has 0 spiro atoms. The lowest BCUT2D eigenvalue weighted by Gasteiger charge is -2.13. The molecule has 0 bridgehead atoms. The Bertz CT molecular complexity index is 188. The lowest BCUT2D eigenvalue weighted by Crippen LogP contribution is -2.16. The number of halogens is 2. The van der Waals surface area contributed by atoms with Crippen molar-refractivity contribution in [3.63, 3.8) is 0 Å². The van der Waals surface area contributed by atoms with E-state index in [1.807, 2.05) is 0 Å². The third kappa shape index (κ3) is 1.26. The van der Waals surface area contributed by atoms with E-state index in [9.17, 15) is 8.71 Å². The zero-order chi connectivity index (χ0) is 7.56. The van der Waals surface area contributed by atoms with E-state index in [1.165, 1.54) is 12.2 Å². The van der Waals surface area contributed by atoms with Gasteiger partial charge in [-0.05, 0) is 18.0 Å². The van der Waals surface area contributed by atoms with Gasteiger partial charge in [-0.15, -0.1) is 0 Å². The van der Waals surface area contributed by atoms with Gasteiger partial charge in [-0.2, -0.15) is 0 Å². The minimum Gasteiger partial charge on any atom is -0.389 e. The van der Waals surface area contributed by atoms with Gasteiger partial charge in [0.05, 0.1) is 6.10 Å². The van der Waals surface area contributed by atoms with Crippen LogP contribution in [0.5, 0.6) is 0 Å². The molecule has 0 aliphatic heterocycles. The first-order valence-corrected chi connectivity index (χ1v) is 3.05. The molecule has 0 amide bonds. The number of allylic oxidation sites excluding steroid dienone is 2. The highest BCUT2D eigenvalue weighted by atomic mass is 19.1. The minimum absolute atomic E-state index is 0.137. The van der Waals surface area contributed by atoms with Crippen molar-refractivity contribution < 1.29 is 13.8 Å². The van der Waals surface area contributed by atoms with E-state index in [0.29, 0.717) is 6.42 Å². The lowest BCUT2D eigenvalue weighted by molar-refractivity contribution is 0.216. The van der Waals surface area contributed by atoms with Crippen molar-refractivity contribution in [3.05, 3.63) is 23.5 Å². The average Bonchev–Trinajstić information content (AvgIpc) is 1.88. The van der Waals surface area contributed by atoms with Crippen LogP contribution in [-0.4, -0.2) is 18.8 Å². The Labute approximate surface area is 58.3 Å². The fourth-order valence-electron chi connectivity index (χ4n) is 0.862. The van der Waals surface area contributed by atoms with Crippen molar-refractivity contribution in [1.29, 1.82) is 0 Å². The van der Waals surface area contributed by atoms with E-state index < -0.39 is 19.5 Å². The van der Waals surface area contributed by atoms with E-state index in [2.05, 4.69) is 0 Å². The zero-order valence-electron chi connectivity index (χ0n) is 5.35. The van der Waals surface area contributed by atoms with Crippen molar-refractivity contribution >= 4 is 7.56 Å². The molecule has 10 heavy (non-hydrogen) atoms. The van der Waals surface area contributed by atoms with Crippen LogP contribution in [0.4, 0.5) is 8.71 Å². The maximum atomic E-state index is 12.5. The standard InChI is InChI=1S/C6H7BF2O/c8-4-2-1-3-5(10)6(4)7-9/h1-2,5,7,10H,3H2. The molecule has 0 saturated heterocycles. The first kappa shape index (κ1) is 7.47. The summed E-state index contributed by atoms with van der Waals surface area (Å²) < 4.78 is 24.4. The highest BCUT2D eigenvalue weighted by Crippen LogP contribution is 2.19. The molecule has 4 heteroatoms. The van der Waals surface area contributed by atoms with Crippen LogP contribution in [-0.2, 0) is 0 Å². The molecule has 1 rings (SSSR count). The molecule has 1 aliphatic carbocycles. The van der Waals surface area contributed by atoms with Crippen molar-refractivity contribution in [2.45, 2.75) is 12.5 Å². The molecule has 1 nitrogen and oxygen atoms in total. The van der Waals surface area contributed by atoms with Gasteiger partial charge in [0.25, 0.3) is 0 Å². The summed E-state index contributed by atoms with van der Waals surface area (Å²) in [4.78, 5) is 0. The number of hydrogen-bond acceptors (Lipinski definition) is 1. The smallest absolute Gasteiger partial charge is 0.365 e. The molecular weight excluding hydrogens is 137 g/mol. The van der Waals surface area contributed by atoms with Crippen molar-refractivity contribution in [2.24, 2.45) is 0 Å². The fourth-order valence-corrected chi connectivity index (χ4v) is 0.862. The normalized spacial score (nSPS) is 25.3. The second-order valence-electron chi connectivity index (χ2n) is 2.16. The Kier molecular flexibility index (Phi) is 2.22. The highest BCUT2D eigenvalue weighted by Gasteiger charge is 2.18. The van der Waals surface area contributed by atoms with Crippen LogP contribution in [0.25, 0.3) is 0 Å². The minimum atomic E-state index is -0.963. The molecule has 0 aromatic carbocycles. The maximum Gasteiger partial charge on any atom is 0.365 e. The Morgan fingerprint density at radius 2 is 2.40 bits per heavy atom. The number of rotatable bonds is 1. The van der Waals surface area contributed by atoms with E-state index in [-0.39, 0.29) is 5.47 Å². The Hall–Kier alpha value is -0.635. The Morgan fingerprint density at radius 3 is 2.80 bits per heavy atom. The van der Waals surface area contributed by atoms with Crippen molar-refractivity contribution in [1.82, 2.24) is 0 Å². The molecule has 1 N–H and O–H groups in total. The number of hydrogen-bond donors (Lipinski definition) is 1. The van der Waals surface area contributed by atoms with Crippen LogP contribution >= 0.6 is 0 Å². The summed E-state index contributed by atoms with van der Waals surface area (Å²) >= 11 is 0. The number of aliphatic hydroxyl groups excluding tert-OH is 1. The SMILES string of the molecule is OC1CC=CC(F)=C1BF. The number of aliphatic hydroxyl groups is 1. The predicted molar refractivity (Wildman–Crippen MR) is 36.2 cm³/mol. The molecule has 0 saturated carbocycles. The fraction of sp³-hybridized carbons (Fsp3) is 0.333. The van der Waals surface area contributed by atoms with Crippen LogP contribution in [0.2, 0.25) is 0 Å². The monoisotopic (exact) mass is 144 g/mol. The topological polar surface area (TPSA) is 20.2 Å². The summed E-state index contributed by atoms with van der Waals surface area (Å²) in [6.07, 6.45) is 2.02. The first-order valence-electron chi connectivity index (χ1n) is 3.05. The van der Waals surface area contributed by atoms with Crippen LogP contribution in [0.3, 0.4) is 0 Å². The summed E-state index contributed by atoms with van der Waals surface area (Å²) in [5.41, 5.74) is -0.137. The van der Waals surface area contributed by atoms with Gasteiger partial charge < -0.3 is 9.42 Å². The largest absolute Gasteiger partial charge is 0.389 e. The van der Waals surface area contributed by atoms with E-state index in [4.69, 9.17) is 5.11 Å². The molecule has 0 heterocycles. The third-order valence-electron chi connectivity index (χ3n) is 1.48. The van der Waals surface area contributed by atoms with Gasteiger partial charge in [0.1, 0.15) is 5.83 Å². The Balaban J connectivity index is 2.83. The molecular formula is C6H7BF2O. The predicted octanol–water partition coefficient (Wildman–Crippen LogP) is 0.809. The summed E-state index contributed by atoms with van der Waals surface area (Å²) in [5.74, 6) is -0.638. The molecule has 1 atom stereocenters. The molecule has 0 radical (unpaired) electrons. The van der Waals surface area contributed by atoms with Gasteiger partial charge in [-0.3, -0.25) is 0 Å². The van der Waals surface area contributed by atoms with Gasteiger partial charge in [0.2, 0.25) is 0 Å². The second kappa shape index (κ2) is 2.97. The van der Waals surface area contributed by atoms with Crippen LogP contribution < -0.4 is 0 Å². The zero-order valence-corrected chi connectivity index (χ0v) is 5.35. The Morgan fingerprint density at radius 1 is 1.70 bits per heavy atom. The van der Waals surface area contributed by atoms with Crippen molar-refractivity contribution in [3.8, 4) is 0 Å². The van der Waals surface area contributed by atoms with Gasteiger partial charge in [-0.1, -0.05) is 6.08 Å². The van der Waals surface area contributed by atoms with E-state index >= 15 is 0 Å². The average molecular weight is 144 g/mol. The third-order valence-corrected chi connectivity index (χ3v) is 1.48. The summed E-state index contributed by atoms with van der Waals surface area (Å²) in [6, 6.07) is 0. The molecule has 0 aromatic rings. The van der Waals surface area contributed by atoms with Crippen LogP contribution in [0, 0.1) is 0 Å². The first-order chi connectivity index (χ1) is 4.75. The quantitative estimate of drug-likeness (QED) is 0.539. The lowest BCUT2D eigenvalue weighted by atomic mass is 9.81. The maximum absolute atomic E-state index is 12.5. The van der Waals surface area contributed by atoms with Gasteiger partial charge in [0.15, 0.2) is 0 Å².